The summed E-state index contributed by atoms with van der Waals surface area (Å²) in [6.07, 6.45) is -2.99. The van der Waals surface area contributed by atoms with E-state index in [0.29, 0.717) is 5.39 Å². The molecule has 0 aliphatic heterocycles. The van der Waals surface area contributed by atoms with Crippen molar-refractivity contribution in [3.63, 3.8) is 0 Å². The Morgan fingerprint density at radius 3 is 2.46 bits per heavy atom. The molecule has 0 bridgehead atoms. The van der Waals surface area contributed by atoms with E-state index in [-0.39, 0.29) is 17.9 Å². The maximum absolute atomic E-state index is 13.3. The lowest BCUT2D eigenvalue weighted by Crippen LogP contribution is -2.06. The monoisotopic (exact) mass is 376 g/mol. The summed E-state index contributed by atoms with van der Waals surface area (Å²) < 4.78 is 40.0. The smallest absolute Gasteiger partial charge is 0.358 e. The molecule has 2 aromatic carbocycles. The minimum absolute atomic E-state index is 0. The predicted molar refractivity (Wildman–Crippen MR) is 101 cm³/mol. The van der Waals surface area contributed by atoms with Crippen LogP contribution in [0.5, 0.6) is 0 Å². The number of alkyl halides is 3. The lowest BCUT2D eigenvalue weighted by Gasteiger charge is -2.12. The first kappa shape index (κ1) is 18.3. The van der Waals surface area contributed by atoms with E-state index in [1.165, 1.54) is 12.3 Å². The van der Waals surface area contributed by atoms with Crippen molar-refractivity contribution in [2.24, 2.45) is 0 Å². The number of hydrogen-bond donors (Lipinski definition) is 1. The summed E-state index contributed by atoms with van der Waals surface area (Å²) in [6.45, 7) is 3.93. The third-order valence-corrected chi connectivity index (χ3v) is 4.49. The highest BCUT2D eigenvalue weighted by Gasteiger charge is 2.33. The van der Waals surface area contributed by atoms with Gasteiger partial charge in [0.25, 0.3) is 0 Å². The van der Waals surface area contributed by atoms with Crippen molar-refractivity contribution < 1.29 is 13.2 Å². The zero-order valence-electron chi connectivity index (χ0n) is 14.1. The molecule has 0 spiro atoms. The van der Waals surface area contributed by atoms with Crippen molar-refractivity contribution >= 4 is 34.2 Å². The number of nitrogens with zero attached hydrogens (tertiary/aromatic N) is 1. The average Bonchev–Trinajstić information content (AvgIpc) is 2.88. The van der Waals surface area contributed by atoms with Crippen LogP contribution < -0.4 is 0 Å². The predicted octanol–water partition coefficient (Wildman–Crippen LogP) is 6.44. The summed E-state index contributed by atoms with van der Waals surface area (Å²) >= 11 is 0. The molecule has 0 radical (unpaired) electrons. The molecule has 1 N–H and O–H groups in total. The van der Waals surface area contributed by atoms with Gasteiger partial charge in [-0.05, 0) is 43.7 Å². The molecule has 0 fully saturated rings. The van der Waals surface area contributed by atoms with Crippen LogP contribution in [0.2, 0.25) is 0 Å². The Labute approximate surface area is 154 Å². The van der Waals surface area contributed by atoms with Crippen LogP contribution in [0.25, 0.3) is 32.9 Å². The average molecular weight is 377 g/mol. The van der Waals surface area contributed by atoms with Gasteiger partial charge in [-0.15, -0.1) is 12.4 Å². The highest BCUT2D eigenvalue weighted by molar-refractivity contribution is 6.06. The molecule has 4 rings (SSSR count). The van der Waals surface area contributed by atoms with Gasteiger partial charge in [-0.25, -0.2) is 0 Å². The number of benzene rings is 2. The van der Waals surface area contributed by atoms with Gasteiger partial charge in [0.2, 0.25) is 0 Å². The Morgan fingerprint density at radius 2 is 1.73 bits per heavy atom. The van der Waals surface area contributed by atoms with Crippen LogP contribution in [0.1, 0.15) is 16.8 Å². The fourth-order valence-electron chi connectivity index (χ4n) is 3.41. The maximum atomic E-state index is 13.3. The molecule has 26 heavy (non-hydrogen) atoms. The van der Waals surface area contributed by atoms with Gasteiger partial charge in [-0.1, -0.05) is 23.8 Å². The largest absolute Gasteiger partial charge is 0.418 e. The van der Waals surface area contributed by atoms with Crippen molar-refractivity contribution in [1.29, 1.82) is 0 Å². The van der Waals surface area contributed by atoms with E-state index in [9.17, 15) is 13.2 Å². The quantitative estimate of drug-likeness (QED) is 0.407. The van der Waals surface area contributed by atoms with E-state index in [1.807, 2.05) is 32.0 Å². The molecule has 6 heteroatoms. The number of rotatable bonds is 1. The Bertz CT molecular complexity index is 1110. The lowest BCUT2D eigenvalue weighted by molar-refractivity contribution is -0.136. The zero-order valence-corrected chi connectivity index (χ0v) is 14.9. The molecular weight excluding hydrogens is 361 g/mol. The topological polar surface area (TPSA) is 28.7 Å². The number of aromatic nitrogens is 2. The Balaban J connectivity index is 0.00000196. The molecule has 0 atom stereocenters. The first-order valence-corrected chi connectivity index (χ1v) is 7.90. The fourth-order valence-corrected chi connectivity index (χ4v) is 3.41. The summed E-state index contributed by atoms with van der Waals surface area (Å²) in [5, 5.41) is 1.50. The second kappa shape index (κ2) is 6.32. The summed E-state index contributed by atoms with van der Waals surface area (Å²) in [5.74, 6) is 0. The molecule has 4 aromatic rings. The van der Waals surface area contributed by atoms with Gasteiger partial charge in [0, 0.05) is 33.7 Å². The van der Waals surface area contributed by atoms with E-state index in [4.69, 9.17) is 0 Å². The number of para-hydroxylation sites is 1. The molecule has 2 heterocycles. The van der Waals surface area contributed by atoms with Crippen molar-refractivity contribution in [1.82, 2.24) is 9.97 Å². The van der Waals surface area contributed by atoms with Crippen LogP contribution in [0.3, 0.4) is 0 Å². The molecule has 0 saturated heterocycles. The molecule has 0 unspecified atom stereocenters. The van der Waals surface area contributed by atoms with Crippen molar-refractivity contribution in [3.05, 3.63) is 65.5 Å². The molecule has 0 saturated carbocycles. The number of nitrogens with one attached hydrogen (secondary N) is 1. The third-order valence-electron chi connectivity index (χ3n) is 4.49. The summed E-state index contributed by atoms with van der Waals surface area (Å²) in [6, 6.07) is 12.0. The second-order valence-corrected chi connectivity index (χ2v) is 6.23. The van der Waals surface area contributed by atoms with E-state index < -0.39 is 11.7 Å². The molecule has 134 valence electrons. The maximum Gasteiger partial charge on any atom is 0.418 e. The minimum atomic E-state index is -4.43. The van der Waals surface area contributed by atoms with Gasteiger partial charge in [-0.3, -0.25) is 4.98 Å². The van der Waals surface area contributed by atoms with Crippen LogP contribution in [0.15, 0.2) is 48.7 Å². The van der Waals surface area contributed by atoms with E-state index in [0.717, 1.165) is 39.4 Å². The first-order chi connectivity index (χ1) is 11.9. The molecule has 2 aromatic heterocycles. The highest BCUT2D eigenvalue weighted by atomic mass is 35.5. The zero-order chi connectivity index (χ0) is 17.8. The number of H-pyrrole nitrogens is 1. The summed E-state index contributed by atoms with van der Waals surface area (Å²) in [5.41, 5.74) is 3.94. The molecule has 0 amide bonds. The van der Waals surface area contributed by atoms with Gasteiger partial charge in [0.1, 0.15) is 0 Å². The van der Waals surface area contributed by atoms with Crippen molar-refractivity contribution in [3.8, 4) is 11.1 Å². The van der Waals surface area contributed by atoms with Crippen LogP contribution in [-0.4, -0.2) is 9.97 Å². The number of fused-ring (bicyclic) bond motifs is 2. The molecular formula is C20H16ClF3N2. The van der Waals surface area contributed by atoms with Gasteiger partial charge in [0.15, 0.2) is 0 Å². The highest BCUT2D eigenvalue weighted by Crippen LogP contribution is 2.40. The van der Waals surface area contributed by atoms with Crippen LogP contribution in [0, 0.1) is 13.8 Å². The third kappa shape index (κ3) is 2.82. The van der Waals surface area contributed by atoms with Gasteiger partial charge < -0.3 is 4.98 Å². The van der Waals surface area contributed by atoms with Gasteiger partial charge >= 0.3 is 6.18 Å². The lowest BCUT2D eigenvalue weighted by atomic mass is 9.96. The Morgan fingerprint density at radius 1 is 0.962 bits per heavy atom. The number of aromatic amines is 1. The molecule has 0 aliphatic carbocycles. The van der Waals surface area contributed by atoms with Crippen LogP contribution in [-0.2, 0) is 6.18 Å². The minimum Gasteiger partial charge on any atom is -0.358 e. The Hall–Kier alpha value is -2.53. The normalized spacial score (nSPS) is 11.7. The van der Waals surface area contributed by atoms with Crippen LogP contribution in [0.4, 0.5) is 13.2 Å². The Kier molecular flexibility index (Phi) is 4.44. The van der Waals surface area contributed by atoms with E-state index >= 15 is 0 Å². The number of pyridine rings is 1. The SMILES string of the molecule is Cc1ccc2[nH]c(C)c(-c3ccnc4c(C(F)(F)F)cccc34)c2c1.Cl. The fraction of sp³-hybridized carbons (Fsp3) is 0.150. The second-order valence-electron chi connectivity index (χ2n) is 6.23. The van der Waals surface area contributed by atoms with Crippen molar-refractivity contribution in [2.75, 3.05) is 0 Å². The molecule has 2 nitrogen and oxygen atoms in total. The van der Waals surface area contributed by atoms with E-state index in [2.05, 4.69) is 9.97 Å². The summed E-state index contributed by atoms with van der Waals surface area (Å²) in [7, 11) is 0. The van der Waals surface area contributed by atoms with Gasteiger partial charge in [0.05, 0.1) is 11.1 Å². The van der Waals surface area contributed by atoms with Gasteiger partial charge in [-0.2, -0.15) is 13.2 Å². The summed E-state index contributed by atoms with van der Waals surface area (Å²) in [4.78, 5) is 7.33. The number of aryl methyl sites for hydroxylation is 2. The van der Waals surface area contributed by atoms with Crippen molar-refractivity contribution in [2.45, 2.75) is 20.0 Å². The number of hydrogen-bond acceptors (Lipinski definition) is 1. The van der Waals surface area contributed by atoms with E-state index in [1.54, 1.807) is 12.1 Å². The van der Waals surface area contributed by atoms with Crippen LogP contribution >= 0.6 is 12.4 Å². The molecule has 0 aliphatic rings. The number of halogens is 4. The first-order valence-electron chi connectivity index (χ1n) is 7.90. The standard InChI is InChI=1S/C20H15F3N2.ClH/c1-11-6-7-17-15(10-11)18(12(2)25-17)13-8-9-24-19-14(13)4-3-5-16(19)20(21,22)23;/h3-10,25H,1-2H3;1H.